The molecular weight excluding hydrogens is 707 g/mol. The van der Waals surface area contributed by atoms with Gasteiger partial charge >= 0.3 is 0 Å². The largest absolute Gasteiger partial charge is 0.455 e. The second-order valence-electron chi connectivity index (χ2n) is 14.0. The Balaban J connectivity index is 1.10. The van der Waals surface area contributed by atoms with E-state index in [4.69, 9.17) is 38.2 Å². The third kappa shape index (κ3) is 4.91. The van der Waals surface area contributed by atoms with Gasteiger partial charge in [0.05, 0.1) is 5.56 Å². The van der Waals surface area contributed by atoms with E-state index < -0.39 is 0 Å². The summed E-state index contributed by atoms with van der Waals surface area (Å²) in [7, 11) is 0. The molecule has 0 bridgehead atoms. The minimum atomic E-state index is 0.501. The summed E-state index contributed by atoms with van der Waals surface area (Å²) in [5, 5.41) is 4.72. The third-order valence-electron chi connectivity index (χ3n) is 10.6. The van der Waals surface area contributed by atoms with Crippen molar-refractivity contribution in [1.29, 1.82) is 0 Å². The van der Waals surface area contributed by atoms with Gasteiger partial charge in [0, 0.05) is 49.2 Å². The molecule has 266 valence electrons. The minimum Gasteiger partial charge on any atom is -0.455 e. The van der Waals surface area contributed by atoms with Crippen molar-refractivity contribution < 1.29 is 13.3 Å². The number of fused-ring (bicyclic) bond motifs is 9. The van der Waals surface area contributed by atoms with Crippen molar-refractivity contribution in [1.82, 2.24) is 24.9 Å². The standard InChI is InChI=1S/C49H27N5O3/c1-3-14-28(15-4-1)46-52-47(29-16-5-2-6-17-29)54-48(53-46)34-22-13-27-39-40(34)33-21-12-24-36(44(33)57-39)49-50-41-32-19-8-10-26-38(32)56-45(41)42(51-49)35-23-11-20-31-30-18-7-9-25-37(30)55-43(31)35/h1-27H. The number of rotatable bonds is 5. The number of para-hydroxylation sites is 4. The number of benzene rings is 7. The van der Waals surface area contributed by atoms with Gasteiger partial charge in [-0.1, -0.05) is 127 Å². The molecule has 12 aromatic rings. The number of aromatic nitrogens is 5. The summed E-state index contributed by atoms with van der Waals surface area (Å²) in [6.45, 7) is 0. The second kappa shape index (κ2) is 12.3. The van der Waals surface area contributed by atoms with Crippen LogP contribution in [0.5, 0.6) is 0 Å². The average molecular weight is 734 g/mol. The monoisotopic (exact) mass is 733 g/mol. The molecule has 0 radical (unpaired) electrons. The first kappa shape index (κ1) is 31.4. The summed E-state index contributed by atoms with van der Waals surface area (Å²) in [6, 6.07) is 54.2. The van der Waals surface area contributed by atoms with Crippen LogP contribution in [0.4, 0.5) is 0 Å². The van der Waals surface area contributed by atoms with E-state index >= 15 is 0 Å². The summed E-state index contributed by atoms with van der Waals surface area (Å²) >= 11 is 0. The van der Waals surface area contributed by atoms with E-state index in [2.05, 4.69) is 18.2 Å². The Bertz CT molecular complexity index is 3480. The molecule has 0 spiro atoms. The van der Waals surface area contributed by atoms with Crippen LogP contribution in [0.3, 0.4) is 0 Å². The van der Waals surface area contributed by atoms with E-state index in [1.54, 1.807) is 0 Å². The summed E-state index contributed by atoms with van der Waals surface area (Å²) in [5.74, 6) is 2.23. The molecule has 8 nitrogen and oxygen atoms in total. The van der Waals surface area contributed by atoms with Gasteiger partial charge in [0.1, 0.15) is 39.1 Å². The van der Waals surface area contributed by atoms with Gasteiger partial charge in [0.15, 0.2) is 28.9 Å². The van der Waals surface area contributed by atoms with Crippen molar-refractivity contribution in [3.63, 3.8) is 0 Å². The lowest BCUT2D eigenvalue weighted by molar-refractivity contribution is 0.662. The highest BCUT2D eigenvalue weighted by Crippen LogP contribution is 2.43. The number of furan rings is 3. The maximum atomic E-state index is 6.77. The molecular formula is C49H27N5O3. The van der Waals surface area contributed by atoms with Crippen molar-refractivity contribution in [2.45, 2.75) is 0 Å². The molecule has 0 fully saturated rings. The molecule has 7 aromatic carbocycles. The lowest BCUT2D eigenvalue weighted by Gasteiger charge is -2.09. The van der Waals surface area contributed by atoms with Crippen molar-refractivity contribution >= 4 is 65.9 Å². The first-order valence-electron chi connectivity index (χ1n) is 18.7. The smallest absolute Gasteiger partial charge is 0.180 e. The van der Waals surface area contributed by atoms with E-state index in [9.17, 15) is 0 Å². The maximum absolute atomic E-state index is 6.77. The summed E-state index contributed by atoms with van der Waals surface area (Å²) in [6.07, 6.45) is 0. The topological polar surface area (TPSA) is 104 Å². The van der Waals surface area contributed by atoms with Gasteiger partial charge < -0.3 is 13.3 Å². The zero-order valence-corrected chi connectivity index (χ0v) is 30.0. The van der Waals surface area contributed by atoms with Gasteiger partial charge in [-0.2, -0.15) is 0 Å². The van der Waals surface area contributed by atoms with Crippen molar-refractivity contribution in [2.24, 2.45) is 0 Å². The minimum absolute atomic E-state index is 0.501. The molecule has 0 N–H and O–H groups in total. The highest BCUT2D eigenvalue weighted by molar-refractivity contribution is 6.16. The highest BCUT2D eigenvalue weighted by atomic mass is 16.3. The van der Waals surface area contributed by atoms with E-state index in [0.29, 0.717) is 51.3 Å². The third-order valence-corrected chi connectivity index (χ3v) is 10.6. The average Bonchev–Trinajstić information content (AvgIpc) is 3.98. The number of nitrogens with zero attached hydrogens (tertiary/aromatic N) is 5. The summed E-state index contributed by atoms with van der Waals surface area (Å²) < 4.78 is 19.8. The molecule has 0 amide bonds. The first-order chi connectivity index (χ1) is 28.2. The van der Waals surface area contributed by atoms with Gasteiger partial charge in [0.2, 0.25) is 0 Å². The Labute approximate surface area is 323 Å². The van der Waals surface area contributed by atoms with Crippen LogP contribution in [0.25, 0.3) is 123 Å². The highest BCUT2D eigenvalue weighted by Gasteiger charge is 2.24. The Morgan fingerprint density at radius 3 is 1.54 bits per heavy atom. The molecule has 5 heterocycles. The lowest BCUT2D eigenvalue weighted by Crippen LogP contribution is -2.00. The predicted molar refractivity (Wildman–Crippen MR) is 224 cm³/mol. The zero-order valence-electron chi connectivity index (χ0n) is 30.0. The Hall–Kier alpha value is -7.97. The van der Waals surface area contributed by atoms with E-state index in [1.165, 1.54) is 0 Å². The molecule has 5 aromatic heterocycles. The Morgan fingerprint density at radius 1 is 0.298 bits per heavy atom. The Morgan fingerprint density at radius 2 is 0.789 bits per heavy atom. The number of hydrogen-bond donors (Lipinski definition) is 0. The van der Waals surface area contributed by atoms with E-state index in [0.717, 1.165) is 71.5 Å². The maximum Gasteiger partial charge on any atom is 0.180 e. The zero-order chi connectivity index (χ0) is 37.5. The molecule has 0 saturated heterocycles. The van der Waals surface area contributed by atoms with Crippen molar-refractivity contribution in [3.05, 3.63) is 164 Å². The quantitative estimate of drug-likeness (QED) is 0.172. The first-order valence-corrected chi connectivity index (χ1v) is 18.7. The van der Waals surface area contributed by atoms with Crippen LogP contribution in [0.15, 0.2) is 177 Å². The van der Waals surface area contributed by atoms with Gasteiger partial charge in [-0.3, -0.25) is 0 Å². The van der Waals surface area contributed by atoms with Gasteiger partial charge in [-0.05, 0) is 36.4 Å². The fraction of sp³-hybridized carbons (Fsp3) is 0. The van der Waals surface area contributed by atoms with Crippen LogP contribution in [0.1, 0.15) is 0 Å². The molecule has 0 aliphatic heterocycles. The molecule has 0 aliphatic rings. The van der Waals surface area contributed by atoms with Gasteiger partial charge in [-0.25, -0.2) is 24.9 Å². The predicted octanol–water partition coefficient (Wildman–Crippen LogP) is 12.7. The molecule has 57 heavy (non-hydrogen) atoms. The van der Waals surface area contributed by atoms with Gasteiger partial charge in [-0.15, -0.1) is 0 Å². The summed E-state index contributed by atoms with van der Waals surface area (Å²) in [5.41, 5.74) is 9.74. The van der Waals surface area contributed by atoms with Crippen LogP contribution in [0.2, 0.25) is 0 Å². The van der Waals surface area contributed by atoms with Crippen LogP contribution in [0, 0.1) is 0 Å². The van der Waals surface area contributed by atoms with Crippen molar-refractivity contribution in [2.75, 3.05) is 0 Å². The Kier molecular flexibility index (Phi) is 6.76. The van der Waals surface area contributed by atoms with Gasteiger partial charge in [0.25, 0.3) is 0 Å². The molecule has 0 atom stereocenters. The SMILES string of the molecule is c1ccc(-c2nc(-c3ccccc3)nc(-c3cccc4oc5c(-c6nc(-c7cccc8c7oc7ccccc78)c7oc8ccccc8c7n6)cccc5c34)n2)cc1. The normalized spacial score (nSPS) is 11.9. The molecule has 0 unspecified atom stereocenters. The fourth-order valence-electron chi connectivity index (χ4n) is 7.97. The molecule has 0 saturated carbocycles. The van der Waals surface area contributed by atoms with Crippen molar-refractivity contribution in [3.8, 4) is 56.8 Å². The lowest BCUT2D eigenvalue weighted by atomic mass is 10.0. The summed E-state index contributed by atoms with van der Waals surface area (Å²) in [4.78, 5) is 25.5. The van der Waals surface area contributed by atoms with Crippen LogP contribution in [-0.2, 0) is 0 Å². The van der Waals surface area contributed by atoms with E-state index in [-0.39, 0.29) is 0 Å². The number of hydrogen-bond acceptors (Lipinski definition) is 8. The molecule has 12 rings (SSSR count). The molecule has 0 aliphatic carbocycles. The van der Waals surface area contributed by atoms with Crippen LogP contribution in [-0.4, -0.2) is 24.9 Å². The van der Waals surface area contributed by atoms with Crippen LogP contribution >= 0.6 is 0 Å². The van der Waals surface area contributed by atoms with E-state index in [1.807, 2.05) is 146 Å². The fourth-order valence-corrected chi connectivity index (χ4v) is 7.97. The van der Waals surface area contributed by atoms with Crippen LogP contribution < -0.4 is 0 Å². The molecule has 8 heteroatoms. The second-order valence-corrected chi connectivity index (χ2v) is 14.0.